The molecule has 1 N–H and O–H groups in total. The molecule has 1 rings (SSSR count). The van der Waals surface area contributed by atoms with Gasteiger partial charge in [0.15, 0.2) is 0 Å². The van der Waals surface area contributed by atoms with Crippen molar-refractivity contribution in [3.63, 3.8) is 0 Å². The number of hydrogen-bond donors (Lipinski definition) is 1. The Morgan fingerprint density at radius 1 is 1.40 bits per heavy atom. The van der Waals surface area contributed by atoms with E-state index < -0.39 is 0 Å². The number of nitrogens with one attached hydrogen (secondary N) is 1. The zero-order chi connectivity index (χ0) is 11.1. The molecule has 0 spiro atoms. The summed E-state index contributed by atoms with van der Waals surface area (Å²) in [6.45, 7) is 0. The topological polar surface area (TPSA) is 29.1 Å². The van der Waals surface area contributed by atoms with E-state index in [9.17, 15) is 9.18 Å². The maximum atomic E-state index is 12.8. The molecule has 0 aliphatic heterocycles. The van der Waals surface area contributed by atoms with Crippen molar-refractivity contribution in [2.24, 2.45) is 0 Å². The van der Waals surface area contributed by atoms with E-state index in [1.807, 2.05) is 0 Å². The maximum Gasteiger partial charge on any atom is 0.224 e. The highest BCUT2D eigenvalue weighted by atomic mass is 79.9. The summed E-state index contributed by atoms with van der Waals surface area (Å²) in [5.41, 5.74) is 0.513. The van der Waals surface area contributed by atoms with Crippen molar-refractivity contribution >= 4 is 27.5 Å². The van der Waals surface area contributed by atoms with Crippen LogP contribution in [0.15, 0.2) is 24.3 Å². The number of rotatable bonds is 5. The molecule has 2 nitrogen and oxygen atoms in total. The molecule has 0 unspecified atom stereocenters. The molecule has 0 atom stereocenters. The minimum atomic E-state index is -0.340. The van der Waals surface area contributed by atoms with Crippen LogP contribution in [0.1, 0.15) is 19.3 Å². The third-order valence-electron chi connectivity index (χ3n) is 1.90. The van der Waals surface area contributed by atoms with E-state index in [0.717, 1.165) is 18.2 Å². The molecule has 0 heterocycles. The van der Waals surface area contributed by atoms with E-state index in [1.165, 1.54) is 12.1 Å². The predicted octanol–water partition coefficient (Wildman–Crippen LogP) is 3.33. The van der Waals surface area contributed by atoms with Gasteiger partial charge >= 0.3 is 0 Å². The average molecular weight is 274 g/mol. The van der Waals surface area contributed by atoms with Gasteiger partial charge in [-0.15, -0.1) is 0 Å². The summed E-state index contributed by atoms with van der Waals surface area (Å²) in [6.07, 6.45) is 2.28. The van der Waals surface area contributed by atoms with Crippen LogP contribution in [0.4, 0.5) is 10.1 Å². The van der Waals surface area contributed by atoms with E-state index in [1.54, 1.807) is 12.1 Å². The van der Waals surface area contributed by atoms with E-state index in [0.29, 0.717) is 12.1 Å². The molecular weight excluding hydrogens is 261 g/mol. The summed E-state index contributed by atoms with van der Waals surface area (Å²) in [6, 6.07) is 5.90. The van der Waals surface area contributed by atoms with Gasteiger partial charge in [-0.05, 0) is 31.0 Å². The Morgan fingerprint density at radius 2 is 2.20 bits per heavy atom. The van der Waals surface area contributed by atoms with Crippen LogP contribution in [0, 0.1) is 5.82 Å². The molecule has 0 aliphatic rings. The average Bonchev–Trinajstić information content (AvgIpc) is 2.18. The molecule has 1 amide bonds. The van der Waals surface area contributed by atoms with Gasteiger partial charge in [0.25, 0.3) is 0 Å². The number of halogens is 2. The Bertz CT molecular complexity index is 330. The van der Waals surface area contributed by atoms with Gasteiger partial charge in [-0.3, -0.25) is 4.79 Å². The van der Waals surface area contributed by atoms with Gasteiger partial charge in [0.2, 0.25) is 5.91 Å². The Balaban J connectivity index is 2.37. The molecule has 0 aliphatic carbocycles. The molecule has 0 saturated carbocycles. The van der Waals surface area contributed by atoms with Crippen LogP contribution in [0.3, 0.4) is 0 Å². The maximum absolute atomic E-state index is 12.8. The molecule has 1 aromatic rings. The highest BCUT2D eigenvalue weighted by Crippen LogP contribution is 2.10. The van der Waals surface area contributed by atoms with Gasteiger partial charge in [-0.1, -0.05) is 22.0 Å². The van der Waals surface area contributed by atoms with Crippen LogP contribution >= 0.6 is 15.9 Å². The number of unbranched alkanes of at least 4 members (excludes halogenated alkanes) is 1. The predicted molar refractivity (Wildman–Crippen MR) is 62.7 cm³/mol. The molecule has 0 aromatic heterocycles. The van der Waals surface area contributed by atoms with Gasteiger partial charge < -0.3 is 5.32 Å². The Labute approximate surface area is 97.0 Å². The van der Waals surface area contributed by atoms with Gasteiger partial charge in [0, 0.05) is 17.4 Å². The quantitative estimate of drug-likeness (QED) is 0.647. The van der Waals surface area contributed by atoms with Crippen LogP contribution in [0.25, 0.3) is 0 Å². The fraction of sp³-hybridized carbons (Fsp3) is 0.364. The largest absolute Gasteiger partial charge is 0.326 e. The van der Waals surface area contributed by atoms with E-state index in [-0.39, 0.29) is 11.7 Å². The Hall–Kier alpha value is -0.900. The molecule has 1 aromatic carbocycles. The lowest BCUT2D eigenvalue weighted by Crippen LogP contribution is -2.11. The van der Waals surface area contributed by atoms with Crippen molar-refractivity contribution < 1.29 is 9.18 Å². The molecule has 0 radical (unpaired) electrons. The summed E-state index contributed by atoms with van der Waals surface area (Å²) >= 11 is 3.29. The standard InChI is InChI=1S/C11H13BrFNO/c12-7-2-1-6-11(15)14-10-5-3-4-9(13)8-10/h3-5,8H,1-2,6-7H2,(H,14,15). The van der Waals surface area contributed by atoms with Crippen molar-refractivity contribution in [2.45, 2.75) is 19.3 Å². The first kappa shape index (κ1) is 12.2. The number of anilines is 1. The van der Waals surface area contributed by atoms with E-state index in [2.05, 4.69) is 21.2 Å². The lowest BCUT2D eigenvalue weighted by molar-refractivity contribution is -0.116. The molecule has 0 bridgehead atoms. The van der Waals surface area contributed by atoms with E-state index >= 15 is 0 Å². The monoisotopic (exact) mass is 273 g/mol. The molecule has 0 fully saturated rings. The minimum Gasteiger partial charge on any atom is -0.326 e. The first-order valence-corrected chi connectivity index (χ1v) is 5.96. The van der Waals surface area contributed by atoms with Crippen molar-refractivity contribution in [1.82, 2.24) is 0 Å². The second-order valence-corrected chi connectivity index (χ2v) is 4.00. The lowest BCUT2D eigenvalue weighted by atomic mass is 10.2. The van der Waals surface area contributed by atoms with Crippen LogP contribution in [-0.4, -0.2) is 11.2 Å². The summed E-state index contributed by atoms with van der Waals surface area (Å²) in [5.74, 6) is -0.408. The lowest BCUT2D eigenvalue weighted by Gasteiger charge is -2.04. The van der Waals surface area contributed by atoms with Crippen molar-refractivity contribution in [2.75, 3.05) is 10.6 Å². The van der Waals surface area contributed by atoms with Crippen LogP contribution in [-0.2, 0) is 4.79 Å². The first-order chi connectivity index (χ1) is 7.22. The van der Waals surface area contributed by atoms with Crippen molar-refractivity contribution in [3.8, 4) is 0 Å². The normalized spacial score (nSPS) is 10.0. The first-order valence-electron chi connectivity index (χ1n) is 4.84. The van der Waals surface area contributed by atoms with E-state index in [4.69, 9.17) is 0 Å². The number of hydrogen-bond acceptors (Lipinski definition) is 1. The molecule has 4 heteroatoms. The summed E-state index contributed by atoms with van der Waals surface area (Å²) < 4.78 is 12.8. The van der Waals surface area contributed by atoms with Gasteiger partial charge in [-0.25, -0.2) is 4.39 Å². The Morgan fingerprint density at radius 3 is 2.87 bits per heavy atom. The summed E-state index contributed by atoms with van der Waals surface area (Å²) in [4.78, 5) is 11.3. The van der Waals surface area contributed by atoms with Gasteiger partial charge in [0.05, 0.1) is 0 Å². The number of carbonyl (C=O) groups is 1. The third-order valence-corrected chi connectivity index (χ3v) is 2.46. The number of alkyl halides is 1. The minimum absolute atomic E-state index is 0.0680. The SMILES string of the molecule is O=C(CCCCBr)Nc1cccc(F)c1. The van der Waals surface area contributed by atoms with Crippen molar-refractivity contribution in [3.05, 3.63) is 30.1 Å². The van der Waals surface area contributed by atoms with Crippen LogP contribution < -0.4 is 5.32 Å². The third kappa shape index (κ3) is 4.93. The zero-order valence-corrected chi connectivity index (χ0v) is 9.89. The molecular formula is C11H13BrFNO. The highest BCUT2D eigenvalue weighted by molar-refractivity contribution is 9.09. The number of amides is 1. The fourth-order valence-electron chi connectivity index (χ4n) is 1.17. The second-order valence-electron chi connectivity index (χ2n) is 3.20. The number of carbonyl (C=O) groups excluding carboxylic acids is 1. The van der Waals surface area contributed by atoms with Gasteiger partial charge in [0.1, 0.15) is 5.82 Å². The molecule has 15 heavy (non-hydrogen) atoms. The smallest absolute Gasteiger partial charge is 0.224 e. The number of benzene rings is 1. The highest BCUT2D eigenvalue weighted by Gasteiger charge is 2.02. The zero-order valence-electron chi connectivity index (χ0n) is 8.30. The Kier molecular flexibility index (Phi) is 5.32. The summed E-state index contributed by atoms with van der Waals surface area (Å²) in [7, 11) is 0. The van der Waals surface area contributed by atoms with Crippen LogP contribution in [0.2, 0.25) is 0 Å². The fourth-order valence-corrected chi connectivity index (χ4v) is 1.57. The van der Waals surface area contributed by atoms with Crippen LogP contribution in [0.5, 0.6) is 0 Å². The molecule has 0 saturated heterocycles. The van der Waals surface area contributed by atoms with Gasteiger partial charge in [-0.2, -0.15) is 0 Å². The molecule has 82 valence electrons. The second kappa shape index (κ2) is 6.56. The van der Waals surface area contributed by atoms with Crippen molar-refractivity contribution in [1.29, 1.82) is 0 Å². The summed E-state index contributed by atoms with van der Waals surface area (Å²) in [5, 5.41) is 3.55.